The lowest BCUT2D eigenvalue weighted by molar-refractivity contribution is 0.192. The molecule has 18 heavy (non-hydrogen) atoms. The van der Waals surface area contributed by atoms with Crippen molar-refractivity contribution in [3.05, 3.63) is 41.6 Å². The summed E-state index contributed by atoms with van der Waals surface area (Å²) in [5, 5.41) is 3.52. The second-order valence-electron chi connectivity index (χ2n) is 4.41. The molecule has 1 aromatic carbocycles. The number of hydrogen-bond donors (Lipinski definition) is 1. The van der Waals surface area contributed by atoms with Crippen LogP contribution in [0.4, 0.5) is 0 Å². The highest BCUT2D eigenvalue weighted by molar-refractivity contribution is 5.51. The molecular formula is C16H25NO. The van der Waals surface area contributed by atoms with Gasteiger partial charge < -0.3 is 10.1 Å². The summed E-state index contributed by atoms with van der Waals surface area (Å²) < 4.78 is 5.04. The molecule has 0 saturated carbocycles. The first-order chi connectivity index (χ1) is 8.86. The molecule has 100 valence electrons. The van der Waals surface area contributed by atoms with Crippen LogP contribution in [0.3, 0.4) is 0 Å². The quantitative estimate of drug-likeness (QED) is 0.669. The predicted molar refractivity (Wildman–Crippen MR) is 78.4 cm³/mol. The lowest BCUT2D eigenvalue weighted by Gasteiger charge is -2.09. The third-order valence-corrected chi connectivity index (χ3v) is 2.90. The minimum Gasteiger partial charge on any atom is -0.388 e. The molecule has 1 aromatic rings. The average molecular weight is 247 g/mol. The first-order valence-electron chi connectivity index (χ1n) is 6.85. The molecule has 0 fully saturated rings. The van der Waals surface area contributed by atoms with Crippen molar-refractivity contribution in [3.63, 3.8) is 0 Å². The molecule has 0 aliphatic heterocycles. The monoisotopic (exact) mass is 247 g/mol. The molecule has 0 atom stereocenters. The first-order valence-corrected chi connectivity index (χ1v) is 6.85. The van der Waals surface area contributed by atoms with Crippen molar-refractivity contribution < 1.29 is 4.74 Å². The Kier molecular flexibility index (Phi) is 7.98. The second kappa shape index (κ2) is 9.72. The number of methoxy groups -OCH3 is 1. The second-order valence-corrected chi connectivity index (χ2v) is 4.41. The summed E-state index contributed by atoms with van der Waals surface area (Å²) in [7, 11) is 1.76. The summed E-state index contributed by atoms with van der Waals surface area (Å²) in [6, 6.07) is 10.5. The van der Waals surface area contributed by atoms with E-state index in [0.29, 0.717) is 0 Å². The maximum Gasteiger partial charge on any atom is 0.0462 e. The Morgan fingerprint density at radius 1 is 1.17 bits per heavy atom. The Bertz CT molecular complexity index is 332. The van der Waals surface area contributed by atoms with Crippen molar-refractivity contribution in [1.82, 2.24) is 5.32 Å². The van der Waals surface area contributed by atoms with Gasteiger partial charge in [-0.15, -0.1) is 0 Å². The van der Waals surface area contributed by atoms with Crippen molar-refractivity contribution in [2.45, 2.75) is 32.6 Å². The summed E-state index contributed by atoms with van der Waals surface area (Å²) in [4.78, 5) is 0. The van der Waals surface area contributed by atoms with Gasteiger partial charge in [0.2, 0.25) is 0 Å². The summed E-state index contributed by atoms with van der Waals surface area (Å²) in [5.74, 6) is 0. The largest absolute Gasteiger partial charge is 0.388 e. The Hall–Kier alpha value is -1.28. The molecule has 0 saturated heterocycles. The molecule has 0 unspecified atom stereocenters. The van der Waals surface area contributed by atoms with E-state index in [4.69, 9.17) is 4.74 Å². The highest BCUT2D eigenvalue weighted by Crippen LogP contribution is 2.07. The lowest BCUT2D eigenvalue weighted by atomic mass is 10.1. The molecule has 2 heteroatoms. The number of benzene rings is 1. The molecule has 2 nitrogen and oxygen atoms in total. The molecule has 0 amide bonds. The zero-order valence-corrected chi connectivity index (χ0v) is 11.6. The summed E-state index contributed by atoms with van der Waals surface area (Å²) in [6.45, 7) is 4.11. The Balaban J connectivity index is 2.27. The van der Waals surface area contributed by atoms with E-state index >= 15 is 0 Å². The van der Waals surface area contributed by atoms with Crippen molar-refractivity contribution >= 4 is 6.08 Å². The van der Waals surface area contributed by atoms with Crippen molar-refractivity contribution in [1.29, 1.82) is 0 Å². The first kappa shape index (κ1) is 14.8. The van der Waals surface area contributed by atoms with E-state index in [9.17, 15) is 0 Å². The van der Waals surface area contributed by atoms with Gasteiger partial charge in [0.05, 0.1) is 0 Å². The molecule has 0 aliphatic rings. The lowest BCUT2D eigenvalue weighted by Crippen LogP contribution is -2.14. The van der Waals surface area contributed by atoms with Gasteiger partial charge in [-0.1, -0.05) is 37.3 Å². The minimum atomic E-state index is 0.875. The minimum absolute atomic E-state index is 0.875. The van der Waals surface area contributed by atoms with Gasteiger partial charge in [-0.25, -0.2) is 0 Å². The summed E-state index contributed by atoms with van der Waals surface area (Å²) >= 11 is 0. The van der Waals surface area contributed by atoms with Gasteiger partial charge in [0.15, 0.2) is 0 Å². The van der Waals surface area contributed by atoms with Crippen LogP contribution in [0.2, 0.25) is 0 Å². The fourth-order valence-corrected chi connectivity index (χ4v) is 1.83. The standard InChI is InChI=1S/C16H25NO/c1-3-16(14-15-10-6-4-7-11-15)17-12-8-5-9-13-18-2/h4,6-7,10-11,14,17H,3,5,8-9,12-13H2,1-2H3/b16-14-. The fraction of sp³-hybridized carbons (Fsp3) is 0.500. The van der Waals surface area contributed by atoms with Gasteiger partial charge in [-0.3, -0.25) is 0 Å². The van der Waals surface area contributed by atoms with Crippen LogP contribution in [0.5, 0.6) is 0 Å². The molecule has 0 bridgehead atoms. The van der Waals surface area contributed by atoms with Crippen LogP contribution < -0.4 is 5.32 Å². The van der Waals surface area contributed by atoms with Crippen molar-refractivity contribution in [2.24, 2.45) is 0 Å². The van der Waals surface area contributed by atoms with Crippen LogP contribution in [0.15, 0.2) is 36.0 Å². The van der Waals surface area contributed by atoms with E-state index in [1.54, 1.807) is 7.11 Å². The third-order valence-electron chi connectivity index (χ3n) is 2.90. The number of rotatable bonds is 9. The topological polar surface area (TPSA) is 21.3 Å². The zero-order chi connectivity index (χ0) is 13.1. The van der Waals surface area contributed by atoms with E-state index < -0.39 is 0 Å². The van der Waals surface area contributed by atoms with Crippen LogP contribution >= 0.6 is 0 Å². The highest BCUT2D eigenvalue weighted by atomic mass is 16.5. The number of hydrogen-bond acceptors (Lipinski definition) is 2. The smallest absolute Gasteiger partial charge is 0.0462 e. The number of allylic oxidation sites excluding steroid dienone is 1. The van der Waals surface area contributed by atoms with Crippen LogP contribution in [-0.4, -0.2) is 20.3 Å². The van der Waals surface area contributed by atoms with Gasteiger partial charge in [0.1, 0.15) is 0 Å². The van der Waals surface area contributed by atoms with E-state index in [1.807, 2.05) is 6.07 Å². The van der Waals surface area contributed by atoms with Crippen LogP contribution in [0, 0.1) is 0 Å². The predicted octanol–water partition coefficient (Wildman–Crippen LogP) is 3.84. The molecular weight excluding hydrogens is 222 g/mol. The maximum absolute atomic E-state index is 5.04. The molecule has 0 aromatic heterocycles. The molecule has 0 spiro atoms. The third kappa shape index (κ3) is 6.45. The van der Waals surface area contributed by atoms with Gasteiger partial charge in [0.25, 0.3) is 0 Å². The number of ether oxygens (including phenoxy) is 1. The normalized spacial score (nSPS) is 11.6. The number of nitrogens with one attached hydrogen (secondary N) is 1. The van der Waals surface area contributed by atoms with Crippen LogP contribution in [0.1, 0.15) is 38.2 Å². The zero-order valence-electron chi connectivity index (χ0n) is 11.6. The molecule has 1 N–H and O–H groups in total. The van der Waals surface area contributed by atoms with Crippen molar-refractivity contribution in [3.8, 4) is 0 Å². The van der Waals surface area contributed by atoms with E-state index in [1.165, 1.54) is 24.1 Å². The highest BCUT2D eigenvalue weighted by Gasteiger charge is 1.95. The van der Waals surface area contributed by atoms with Gasteiger partial charge >= 0.3 is 0 Å². The van der Waals surface area contributed by atoms with E-state index in [2.05, 4.69) is 42.6 Å². The Morgan fingerprint density at radius 3 is 2.61 bits per heavy atom. The van der Waals surface area contributed by atoms with Crippen molar-refractivity contribution in [2.75, 3.05) is 20.3 Å². The van der Waals surface area contributed by atoms with E-state index in [0.717, 1.165) is 26.0 Å². The van der Waals surface area contributed by atoms with Gasteiger partial charge in [0, 0.05) is 26.0 Å². The molecule has 0 aliphatic carbocycles. The molecule has 0 radical (unpaired) electrons. The fourth-order valence-electron chi connectivity index (χ4n) is 1.83. The molecule has 1 rings (SSSR count). The average Bonchev–Trinajstić information content (AvgIpc) is 2.42. The Morgan fingerprint density at radius 2 is 1.94 bits per heavy atom. The SMILES string of the molecule is CC/C(=C/c1ccccc1)NCCCCCOC. The molecule has 0 heterocycles. The van der Waals surface area contributed by atoms with E-state index in [-0.39, 0.29) is 0 Å². The maximum atomic E-state index is 5.04. The Labute approximate surface area is 111 Å². The van der Waals surface area contributed by atoms with Gasteiger partial charge in [-0.2, -0.15) is 0 Å². The van der Waals surface area contributed by atoms with Crippen LogP contribution in [0.25, 0.3) is 6.08 Å². The summed E-state index contributed by atoms with van der Waals surface area (Å²) in [6.07, 6.45) is 6.86. The van der Waals surface area contributed by atoms with Gasteiger partial charge in [-0.05, 0) is 37.3 Å². The number of unbranched alkanes of at least 4 members (excludes halogenated alkanes) is 2. The summed E-state index contributed by atoms with van der Waals surface area (Å²) in [5.41, 5.74) is 2.58. The van der Waals surface area contributed by atoms with Crippen LogP contribution in [-0.2, 0) is 4.74 Å².